The number of aliphatic hydroxyl groups is 2. The van der Waals surface area contributed by atoms with Crippen LogP contribution in [-0.2, 0) is 0 Å². The van der Waals surface area contributed by atoms with Crippen molar-refractivity contribution in [2.45, 2.75) is 18.6 Å². The Morgan fingerprint density at radius 2 is 2.25 bits per heavy atom. The van der Waals surface area contributed by atoms with Crippen molar-refractivity contribution in [2.24, 2.45) is 0 Å². The maximum atomic E-state index is 11.3. The molecule has 0 aliphatic heterocycles. The molecule has 0 aromatic carbocycles. The summed E-state index contributed by atoms with van der Waals surface area (Å²) >= 11 is 0. The van der Waals surface area contributed by atoms with Gasteiger partial charge >= 0.3 is 0 Å². The summed E-state index contributed by atoms with van der Waals surface area (Å²) in [5.74, 6) is -0.570. The molecule has 0 fully saturated rings. The molecule has 16 heavy (non-hydrogen) atoms. The highest BCUT2D eigenvalue weighted by Gasteiger charge is 2.24. The highest BCUT2D eigenvalue weighted by atomic mass is 16.3. The van der Waals surface area contributed by atoms with Crippen LogP contribution < -0.4 is 10.9 Å². The van der Waals surface area contributed by atoms with Crippen LogP contribution in [-0.4, -0.2) is 45.0 Å². The van der Waals surface area contributed by atoms with Gasteiger partial charge < -0.3 is 25.6 Å². The van der Waals surface area contributed by atoms with Gasteiger partial charge in [-0.15, -0.1) is 0 Å². The Labute approximate surface area is 91.8 Å². The number of hydrogen-bond donors (Lipinski definition) is 5. The Balaban J connectivity index is 2.87. The van der Waals surface area contributed by atoms with Gasteiger partial charge in [0.15, 0.2) is 0 Å². The minimum atomic E-state index is -1.45. The predicted molar refractivity (Wildman–Crippen MR) is 56.0 cm³/mol. The Bertz CT molecular complexity index is 393. The number of aliphatic hydroxyl groups excluding tert-OH is 2. The first kappa shape index (κ1) is 12.6. The summed E-state index contributed by atoms with van der Waals surface area (Å²) in [7, 11) is 1.70. The van der Waals surface area contributed by atoms with Gasteiger partial charge in [0.25, 0.3) is 5.56 Å². The van der Waals surface area contributed by atoms with Crippen molar-refractivity contribution in [3.8, 4) is 5.88 Å². The molecule has 1 aromatic rings. The van der Waals surface area contributed by atoms with Gasteiger partial charge in [-0.3, -0.25) is 4.79 Å². The van der Waals surface area contributed by atoms with Crippen LogP contribution in [0, 0.1) is 0 Å². The number of hydrogen-bond acceptors (Lipinski definition) is 6. The second-order valence-electron chi connectivity index (χ2n) is 3.37. The van der Waals surface area contributed by atoms with Crippen molar-refractivity contribution in [3.05, 3.63) is 22.2 Å². The van der Waals surface area contributed by atoms with E-state index in [0.717, 1.165) is 6.33 Å². The van der Waals surface area contributed by atoms with Crippen molar-refractivity contribution in [1.82, 2.24) is 15.3 Å². The topological polar surface area (TPSA) is 118 Å². The summed E-state index contributed by atoms with van der Waals surface area (Å²) in [5, 5.41) is 31.4. The zero-order valence-electron chi connectivity index (χ0n) is 8.84. The van der Waals surface area contributed by atoms with E-state index >= 15 is 0 Å². The van der Waals surface area contributed by atoms with E-state index in [1.165, 1.54) is 0 Å². The van der Waals surface area contributed by atoms with Gasteiger partial charge in [0, 0.05) is 0 Å². The molecule has 0 radical (unpaired) electrons. The van der Waals surface area contributed by atoms with Crippen molar-refractivity contribution in [1.29, 1.82) is 0 Å². The number of nitrogens with zero attached hydrogens (tertiary/aromatic N) is 1. The molecule has 7 heteroatoms. The molecule has 0 saturated heterocycles. The van der Waals surface area contributed by atoms with Gasteiger partial charge in [-0.2, -0.15) is 0 Å². The van der Waals surface area contributed by atoms with E-state index in [4.69, 9.17) is 0 Å². The molecular weight excluding hydrogens is 214 g/mol. The van der Waals surface area contributed by atoms with Crippen molar-refractivity contribution in [3.63, 3.8) is 0 Å². The quantitative estimate of drug-likeness (QED) is 0.418. The van der Waals surface area contributed by atoms with E-state index in [-0.39, 0.29) is 12.0 Å². The third-order valence-electron chi connectivity index (χ3n) is 2.22. The molecule has 2 atom stereocenters. The first-order chi connectivity index (χ1) is 7.57. The van der Waals surface area contributed by atoms with Crippen molar-refractivity contribution in [2.75, 3.05) is 13.6 Å². The Morgan fingerprint density at radius 1 is 1.56 bits per heavy atom. The van der Waals surface area contributed by atoms with E-state index in [1.54, 1.807) is 7.05 Å². The predicted octanol–water partition coefficient (Wildman–Crippen LogP) is -1.52. The highest BCUT2D eigenvalue weighted by molar-refractivity contribution is 5.24. The zero-order valence-corrected chi connectivity index (χ0v) is 8.84. The molecule has 0 aliphatic carbocycles. The molecule has 0 aliphatic rings. The van der Waals surface area contributed by atoms with E-state index in [9.17, 15) is 20.1 Å². The molecule has 5 N–H and O–H groups in total. The largest absolute Gasteiger partial charge is 0.493 e. The van der Waals surface area contributed by atoms with Gasteiger partial charge in [-0.25, -0.2) is 4.98 Å². The van der Waals surface area contributed by atoms with Crippen molar-refractivity contribution >= 4 is 0 Å². The summed E-state index contributed by atoms with van der Waals surface area (Å²) in [6.07, 6.45) is -1.31. The van der Waals surface area contributed by atoms with Gasteiger partial charge in [0.05, 0.1) is 12.4 Å². The number of nitrogens with one attached hydrogen (secondary N) is 2. The highest BCUT2D eigenvalue weighted by Crippen LogP contribution is 2.21. The molecule has 1 aromatic heterocycles. The molecule has 7 nitrogen and oxygen atoms in total. The molecular formula is C9H15N3O4. The maximum absolute atomic E-state index is 11.3. The SMILES string of the molecule is CNCCC(O)C(O)c1c(O)nc[nH]c1=O. The minimum Gasteiger partial charge on any atom is -0.493 e. The number of aromatic nitrogens is 2. The second-order valence-corrected chi connectivity index (χ2v) is 3.37. The van der Waals surface area contributed by atoms with Gasteiger partial charge in [0.1, 0.15) is 11.7 Å². The molecule has 2 unspecified atom stereocenters. The lowest BCUT2D eigenvalue weighted by atomic mass is 10.0. The minimum absolute atomic E-state index is 0.255. The van der Waals surface area contributed by atoms with Crippen LogP contribution in [0.5, 0.6) is 5.88 Å². The van der Waals surface area contributed by atoms with Gasteiger partial charge in [-0.05, 0) is 20.0 Å². The normalized spacial score (nSPS) is 14.7. The second kappa shape index (κ2) is 5.59. The van der Waals surface area contributed by atoms with E-state index in [2.05, 4.69) is 15.3 Å². The molecule has 0 amide bonds. The standard InChI is InChI=1S/C9H15N3O4/c1-10-3-2-5(13)7(14)6-8(15)11-4-12-9(6)16/h4-5,7,10,13-14H,2-3H2,1H3,(H2,11,12,15,16). The summed E-state index contributed by atoms with van der Waals surface area (Å²) < 4.78 is 0. The van der Waals surface area contributed by atoms with Crippen LogP contribution in [0.4, 0.5) is 0 Å². The fraction of sp³-hybridized carbons (Fsp3) is 0.556. The summed E-state index contributed by atoms with van der Waals surface area (Å²) in [5.41, 5.74) is -0.977. The molecule has 90 valence electrons. The van der Waals surface area contributed by atoms with Crippen molar-refractivity contribution < 1.29 is 15.3 Å². The number of aromatic hydroxyl groups is 1. The van der Waals surface area contributed by atoms with Crippen LogP contribution in [0.25, 0.3) is 0 Å². The van der Waals surface area contributed by atoms with Gasteiger partial charge in [-0.1, -0.05) is 0 Å². The monoisotopic (exact) mass is 229 g/mol. The summed E-state index contributed by atoms with van der Waals surface area (Å²) in [4.78, 5) is 17.0. The number of H-pyrrole nitrogens is 1. The maximum Gasteiger partial charge on any atom is 0.260 e. The molecule has 1 heterocycles. The molecule has 0 saturated carbocycles. The zero-order chi connectivity index (χ0) is 12.1. The first-order valence-electron chi connectivity index (χ1n) is 4.85. The third kappa shape index (κ3) is 2.78. The molecule has 0 bridgehead atoms. The van der Waals surface area contributed by atoms with E-state index in [1.807, 2.05) is 0 Å². The molecule has 1 rings (SSSR count). The van der Waals surface area contributed by atoms with E-state index < -0.39 is 23.6 Å². The average molecular weight is 229 g/mol. The fourth-order valence-corrected chi connectivity index (χ4v) is 1.31. The first-order valence-corrected chi connectivity index (χ1v) is 4.85. The lowest BCUT2D eigenvalue weighted by Gasteiger charge is -2.17. The molecule has 0 spiro atoms. The Morgan fingerprint density at radius 3 is 2.81 bits per heavy atom. The van der Waals surface area contributed by atoms with Crippen LogP contribution in [0.1, 0.15) is 18.1 Å². The Hall–Kier alpha value is -1.44. The number of rotatable bonds is 5. The third-order valence-corrected chi connectivity index (χ3v) is 2.22. The van der Waals surface area contributed by atoms with Crippen LogP contribution in [0.15, 0.2) is 11.1 Å². The average Bonchev–Trinajstić information content (AvgIpc) is 2.25. The van der Waals surface area contributed by atoms with Crippen LogP contribution >= 0.6 is 0 Å². The van der Waals surface area contributed by atoms with Crippen LogP contribution in [0.3, 0.4) is 0 Å². The fourth-order valence-electron chi connectivity index (χ4n) is 1.31. The summed E-state index contributed by atoms with van der Waals surface area (Å²) in [6, 6.07) is 0. The lowest BCUT2D eigenvalue weighted by Crippen LogP contribution is -2.28. The van der Waals surface area contributed by atoms with Crippen LogP contribution in [0.2, 0.25) is 0 Å². The number of aromatic amines is 1. The van der Waals surface area contributed by atoms with Gasteiger partial charge in [0.2, 0.25) is 5.88 Å². The van der Waals surface area contributed by atoms with E-state index in [0.29, 0.717) is 6.54 Å². The summed E-state index contributed by atoms with van der Waals surface area (Å²) in [6.45, 7) is 0.483. The smallest absolute Gasteiger partial charge is 0.260 e. The Kier molecular flexibility index (Phi) is 4.41. The lowest BCUT2D eigenvalue weighted by molar-refractivity contribution is 0.0115.